The molecule has 0 fully saturated rings. The Bertz CT molecular complexity index is 1060. The number of nitrogens with zero attached hydrogens (tertiary/aromatic N) is 1. The van der Waals surface area contributed by atoms with Crippen LogP contribution in [0.1, 0.15) is 64.1 Å². The van der Waals surface area contributed by atoms with E-state index in [0.717, 1.165) is 47.1 Å². The quantitative estimate of drug-likeness (QED) is 0.532. The molecule has 3 N–H and O–H groups in total. The lowest BCUT2D eigenvalue weighted by Gasteiger charge is -2.16. The van der Waals surface area contributed by atoms with Crippen LogP contribution in [0.15, 0.2) is 60.9 Å². The maximum Gasteiger partial charge on any atom is 0.251 e. The minimum Gasteiger partial charge on any atom is -0.366 e. The fourth-order valence-corrected chi connectivity index (χ4v) is 3.88. The first-order valence-corrected chi connectivity index (χ1v) is 10.8. The van der Waals surface area contributed by atoms with Gasteiger partial charge in [-0.05, 0) is 58.9 Å². The predicted molar refractivity (Wildman–Crippen MR) is 124 cm³/mol. The summed E-state index contributed by atoms with van der Waals surface area (Å²) in [6.45, 7) is 4.48. The fourth-order valence-electron chi connectivity index (χ4n) is 3.88. The number of nitrogens with one attached hydrogen (secondary N) is 1. The van der Waals surface area contributed by atoms with Gasteiger partial charge in [0.1, 0.15) is 0 Å². The molecule has 0 spiro atoms. The Morgan fingerprint density at radius 3 is 2.42 bits per heavy atom. The van der Waals surface area contributed by atoms with Crippen LogP contribution in [0.2, 0.25) is 0 Å². The normalized spacial score (nSPS) is 10.6. The molecule has 0 atom stereocenters. The second-order valence-electron chi connectivity index (χ2n) is 7.61. The summed E-state index contributed by atoms with van der Waals surface area (Å²) >= 11 is 0. The maximum atomic E-state index is 13.0. The topological polar surface area (TPSA) is 85.1 Å². The lowest BCUT2D eigenvalue weighted by atomic mass is 9.90. The van der Waals surface area contributed by atoms with Gasteiger partial charge in [0, 0.05) is 30.1 Å². The standard InChI is InChI=1S/C26H29N3O2/c1-3-7-19-12-13-23(22(8-4-2)24(19)25(27)30)26(31)29-16-18-9-5-10-20(15-18)21-11-6-14-28-17-21/h5-6,9-15,17H,3-4,7-8,16H2,1-2H3,(H2,27,30)(H,29,31). The van der Waals surface area contributed by atoms with E-state index < -0.39 is 5.91 Å². The average Bonchev–Trinajstić information content (AvgIpc) is 2.78. The van der Waals surface area contributed by atoms with E-state index in [4.69, 9.17) is 5.73 Å². The van der Waals surface area contributed by atoms with Crippen molar-refractivity contribution in [2.45, 2.75) is 46.1 Å². The summed E-state index contributed by atoms with van der Waals surface area (Å²) in [7, 11) is 0. The number of nitrogens with two attached hydrogens (primary N) is 1. The van der Waals surface area contributed by atoms with Crippen LogP contribution in [-0.2, 0) is 19.4 Å². The van der Waals surface area contributed by atoms with E-state index in [-0.39, 0.29) is 5.91 Å². The van der Waals surface area contributed by atoms with Gasteiger partial charge in [0.25, 0.3) is 5.91 Å². The zero-order valence-corrected chi connectivity index (χ0v) is 18.2. The van der Waals surface area contributed by atoms with Gasteiger partial charge < -0.3 is 11.1 Å². The van der Waals surface area contributed by atoms with Crippen molar-refractivity contribution in [1.29, 1.82) is 0 Å². The van der Waals surface area contributed by atoms with Crippen molar-refractivity contribution in [2.75, 3.05) is 0 Å². The van der Waals surface area contributed by atoms with Crippen LogP contribution in [0.4, 0.5) is 0 Å². The second kappa shape index (κ2) is 10.5. The Morgan fingerprint density at radius 2 is 1.74 bits per heavy atom. The molecule has 160 valence electrons. The van der Waals surface area contributed by atoms with Crippen LogP contribution in [0.3, 0.4) is 0 Å². The number of primary amides is 1. The number of carbonyl (C=O) groups excluding carboxylic acids is 2. The molecule has 5 heteroatoms. The minimum absolute atomic E-state index is 0.194. The molecule has 2 amide bonds. The van der Waals surface area contributed by atoms with E-state index in [1.807, 2.05) is 61.7 Å². The number of aromatic nitrogens is 1. The van der Waals surface area contributed by atoms with Gasteiger partial charge in [-0.1, -0.05) is 57.0 Å². The zero-order chi connectivity index (χ0) is 22.2. The van der Waals surface area contributed by atoms with Crippen LogP contribution in [0.25, 0.3) is 11.1 Å². The van der Waals surface area contributed by atoms with E-state index in [0.29, 0.717) is 24.1 Å². The summed E-state index contributed by atoms with van der Waals surface area (Å²) < 4.78 is 0. The number of hydrogen-bond donors (Lipinski definition) is 2. The van der Waals surface area contributed by atoms with Crippen LogP contribution < -0.4 is 11.1 Å². The van der Waals surface area contributed by atoms with E-state index >= 15 is 0 Å². The summed E-state index contributed by atoms with van der Waals surface area (Å²) in [5.41, 5.74) is 11.5. The third-order valence-electron chi connectivity index (χ3n) is 5.28. The molecular formula is C26H29N3O2. The van der Waals surface area contributed by atoms with E-state index in [1.165, 1.54) is 0 Å². The van der Waals surface area contributed by atoms with Gasteiger partial charge in [0.15, 0.2) is 0 Å². The van der Waals surface area contributed by atoms with Gasteiger partial charge >= 0.3 is 0 Å². The number of benzene rings is 2. The Labute approximate surface area is 183 Å². The first kappa shape index (κ1) is 22.2. The highest BCUT2D eigenvalue weighted by molar-refractivity contribution is 6.02. The van der Waals surface area contributed by atoms with Crippen molar-refractivity contribution in [1.82, 2.24) is 10.3 Å². The highest BCUT2D eigenvalue weighted by atomic mass is 16.2. The van der Waals surface area contributed by atoms with Crippen LogP contribution in [0, 0.1) is 0 Å². The molecule has 0 saturated carbocycles. The van der Waals surface area contributed by atoms with Crippen LogP contribution >= 0.6 is 0 Å². The molecule has 0 saturated heterocycles. The molecule has 3 rings (SSSR count). The van der Waals surface area contributed by atoms with Gasteiger partial charge in [0.2, 0.25) is 5.91 Å². The summed E-state index contributed by atoms with van der Waals surface area (Å²) in [6.07, 6.45) is 6.69. The van der Waals surface area contributed by atoms with Crippen LogP contribution in [-0.4, -0.2) is 16.8 Å². The molecule has 0 bridgehead atoms. The molecular weight excluding hydrogens is 386 g/mol. The van der Waals surface area contributed by atoms with Gasteiger partial charge in [0.05, 0.1) is 0 Å². The third-order valence-corrected chi connectivity index (χ3v) is 5.28. The summed E-state index contributed by atoms with van der Waals surface area (Å²) in [6, 6.07) is 15.6. The minimum atomic E-state index is -0.467. The van der Waals surface area contributed by atoms with Gasteiger partial charge in [-0.15, -0.1) is 0 Å². The Hall–Kier alpha value is -3.47. The molecule has 0 aliphatic carbocycles. The predicted octanol–water partition coefficient (Wildman–Crippen LogP) is 4.68. The average molecular weight is 416 g/mol. The fraction of sp³-hybridized carbons (Fsp3) is 0.269. The van der Waals surface area contributed by atoms with Crippen molar-refractivity contribution in [3.05, 3.63) is 88.7 Å². The lowest BCUT2D eigenvalue weighted by molar-refractivity contribution is 0.0950. The molecule has 0 aliphatic heterocycles. The molecule has 0 aliphatic rings. The summed E-state index contributed by atoms with van der Waals surface area (Å²) in [4.78, 5) is 29.4. The number of carbonyl (C=O) groups is 2. The third kappa shape index (κ3) is 5.37. The molecule has 0 unspecified atom stereocenters. The molecule has 1 aromatic heterocycles. The second-order valence-corrected chi connectivity index (χ2v) is 7.61. The largest absolute Gasteiger partial charge is 0.366 e. The molecule has 5 nitrogen and oxygen atoms in total. The SMILES string of the molecule is CCCc1ccc(C(=O)NCc2cccc(-c3cccnc3)c2)c(CCC)c1C(N)=O. The highest BCUT2D eigenvalue weighted by Crippen LogP contribution is 2.23. The van der Waals surface area contributed by atoms with Gasteiger partial charge in [-0.2, -0.15) is 0 Å². The Morgan fingerprint density at radius 1 is 0.968 bits per heavy atom. The first-order chi connectivity index (χ1) is 15.0. The first-order valence-electron chi connectivity index (χ1n) is 10.8. The summed E-state index contributed by atoms with van der Waals surface area (Å²) in [5.74, 6) is -0.661. The van der Waals surface area contributed by atoms with E-state index in [2.05, 4.69) is 17.2 Å². The highest BCUT2D eigenvalue weighted by Gasteiger charge is 2.20. The Kier molecular flexibility index (Phi) is 7.55. The molecule has 0 radical (unpaired) electrons. The Balaban J connectivity index is 1.84. The molecule has 1 heterocycles. The van der Waals surface area contributed by atoms with Crippen molar-refractivity contribution in [3.8, 4) is 11.1 Å². The molecule has 31 heavy (non-hydrogen) atoms. The van der Waals surface area contributed by atoms with Crippen molar-refractivity contribution in [2.24, 2.45) is 5.73 Å². The van der Waals surface area contributed by atoms with Gasteiger partial charge in [-0.3, -0.25) is 14.6 Å². The number of pyridine rings is 1. The van der Waals surface area contributed by atoms with Crippen molar-refractivity contribution >= 4 is 11.8 Å². The number of hydrogen-bond acceptors (Lipinski definition) is 3. The number of aryl methyl sites for hydroxylation is 1. The monoisotopic (exact) mass is 415 g/mol. The van der Waals surface area contributed by atoms with Crippen molar-refractivity contribution in [3.63, 3.8) is 0 Å². The maximum absolute atomic E-state index is 13.0. The summed E-state index contributed by atoms with van der Waals surface area (Å²) in [5, 5.41) is 3.00. The van der Waals surface area contributed by atoms with Crippen molar-refractivity contribution < 1.29 is 9.59 Å². The zero-order valence-electron chi connectivity index (χ0n) is 18.2. The van der Waals surface area contributed by atoms with Crippen LogP contribution in [0.5, 0.6) is 0 Å². The number of amides is 2. The smallest absolute Gasteiger partial charge is 0.251 e. The van der Waals surface area contributed by atoms with E-state index in [9.17, 15) is 9.59 Å². The number of rotatable bonds is 9. The van der Waals surface area contributed by atoms with Gasteiger partial charge in [-0.25, -0.2) is 0 Å². The molecule has 3 aromatic rings. The lowest BCUT2D eigenvalue weighted by Crippen LogP contribution is -2.26. The van der Waals surface area contributed by atoms with E-state index in [1.54, 1.807) is 6.20 Å². The molecule has 2 aromatic carbocycles.